The SMILES string of the molecule is COC(=O)c1ccc([C@H]2CC3(CCN2Cc2c(OC)cc(C)c4c2ccn4C(=O)OC(C)(C)C)CC(F)(F)C3)c(NC2CC(F)(F)C2)c1. The van der Waals surface area contributed by atoms with E-state index in [0.29, 0.717) is 42.9 Å². The van der Waals surface area contributed by atoms with Crippen LogP contribution in [0.4, 0.5) is 28.0 Å². The summed E-state index contributed by atoms with van der Waals surface area (Å²) >= 11 is 0. The van der Waals surface area contributed by atoms with Crippen molar-refractivity contribution in [2.75, 3.05) is 26.1 Å². The number of aryl methyl sites for hydroxylation is 1. The van der Waals surface area contributed by atoms with Crippen LogP contribution in [0.5, 0.6) is 5.75 Å². The van der Waals surface area contributed by atoms with Crippen LogP contribution < -0.4 is 10.1 Å². The Labute approximate surface area is 277 Å². The number of ether oxygens (including phenoxy) is 3. The fraction of sp³-hybridized carbons (Fsp3) is 0.556. The van der Waals surface area contributed by atoms with Crippen LogP contribution in [0.25, 0.3) is 10.9 Å². The van der Waals surface area contributed by atoms with E-state index in [1.165, 1.54) is 11.7 Å². The van der Waals surface area contributed by atoms with Crippen LogP contribution >= 0.6 is 0 Å². The standard InChI is InChI=1S/C36H43F4N3O5/c1-21-13-29(46-5)26(24-9-11-43(30(21)24)32(45)48-33(2,3)4)18-42-12-10-34(19-36(39,40)20-34)17-28(42)25-8-7-22(31(44)47-6)14-27(25)41-23-15-35(37,38)16-23/h7-9,11,13-14,23,28,41H,10,12,15-20H2,1-6H3/t28-/m1/s1. The first-order chi connectivity index (χ1) is 22.4. The van der Waals surface area contributed by atoms with Crippen molar-refractivity contribution in [1.82, 2.24) is 9.47 Å². The zero-order valence-electron chi connectivity index (χ0n) is 28.2. The fourth-order valence-corrected chi connectivity index (χ4v) is 7.81. The molecule has 8 nitrogen and oxygen atoms in total. The second-order valence-electron chi connectivity index (χ2n) is 14.9. The molecule has 6 rings (SSSR count). The first-order valence-corrected chi connectivity index (χ1v) is 16.3. The summed E-state index contributed by atoms with van der Waals surface area (Å²) in [6.07, 6.45) is 1.05. The van der Waals surface area contributed by atoms with Gasteiger partial charge in [0, 0.05) is 67.1 Å². The fourth-order valence-electron chi connectivity index (χ4n) is 7.81. The number of fused-ring (bicyclic) bond motifs is 1. The third-order valence-electron chi connectivity index (χ3n) is 9.95. The Morgan fingerprint density at radius 1 is 1.00 bits per heavy atom. The van der Waals surface area contributed by atoms with Crippen LogP contribution in [0, 0.1) is 12.3 Å². The minimum atomic E-state index is -2.76. The van der Waals surface area contributed by atoms with Crippen LogP contribution in [-0.2, 0) is 16.0 Å². The number of alkyl halides is 4. The maximum absolute atomic E-state index is 14.4. The molecule has 2 aromatic carbocycles. The number of methoxy groups -OCH3 is 2. The number of piperidine rings is 1. The summed E-state index contributed by atoms with van der Waals surface area (Å²) in [5, 5.41) is 4.03. The highest BCUT2D eigenvalue weighted by molar-refractivity contribution is 5.95. The van der Waals surface area contributed by atoms with Crippen LogP contribution in [0.1, 0.15) is 92.4 Å². The molecule has 2 saturated carbocycles. The Bertz CT molecular complexity index is 1730. The van der Waals surface area contributed by atoms with Gasteiger partial charge < -0.3 is 19.5 Å². The van der Waals surface area contributed by atoms with E-state index in [1.807, 2.05) is 19.1 Å². The van der Waals surface area contributed by atoms with Crippen molar-refractivity contribution in [2.45, 2.75) is 102 Å². The number of hydrogen-bond donors (Lipinski definition) is 1. The van der Waals surface area contributed by atoms with Gasteiger partial charge in [0.25, 0.3) is 5.92 Å². The Morgan fingerprint density at radius 3 is 2.31 bits per heavy atom. The lowest BCUT2D eigenvalue weighted by atomic mass is 9.58. The lowest BCUT2D eigenvalue weighted by molar-refractivity contribution is -0.186. The van der Waals surface area contributed by atoms with E-state index in [4.69, 9.17) is 14.2 Å². The van der Waals surface area contributed by atoms with Gasteiger partial charge >= 0.3 is 12.1 Å². The van der Waals surface area contributed by atoms with Crippen LogP contribution in [0.3, 0.4) is 0 Å². The predicted molar refractivity (Wildman–Crippen MR) is 173 cm³/mol. The smallest absolute Gasteiger partial charge is 0.419 e. The number of hydrogen-bond acceptors (Lipinski definition) is 7. The molecule has 1 aromatic heterocycles. The number of benzene rings is 2. The van der Waals surface area contributed by atoms with Gasteiger partial charge in [-0.25, -0.2) is 27.2 Å². The van der Waals surface area contributed by atoms with Gasteiger partial charge in [-0.15, -0.1) is 0 Å². The lowest BCUT2D eigenvalue weighted by Gasteiger charge is -2.55. The van der Waals surface area contributed by atoms with Crippen molar-refractivity contribution in [2.24, 2.45) is 5.41 Å². The normalized spacial score (nSPS) is 21.8. The number of likely N-dealkylation sites (tertiary alicyclic amines) is 1. The van der Waals surface area contributed by atoms with Crippen LogP contribution in [0.15, 0.2) is 36.5 Å². The van der Waals surface area contributed by atoms with E-state index >= 15 is 0 Å². The zero-order chi connectivity index (χ0) is 34.8. The van der Waals surface area contributed by atoms with Gasteiger partial charge in [-0.3, -0.25) is 9.47 Å². The number of carbonyl (C=O) groups excluding carboxylic acids is 2. The molecule has 1 aliphatic heterocycles. The third-order valence-corrected chi connectivity index (χ3v) is 9.95. The van der Waals surface area contributed by atoms with Crippen molar-refractivity contribution in [3.05, 3.63) is 58.8 Å². The molecule has 2 heterocycles. The molecular formula is C36H43F4N3O5. The molecule has 0 unspecified atom stereocenters. The number of nitrogens with zero attached hydrogens (tertiary/aromatic N) is 2. The van der Waals surface area contributed by atoms with Gasteiger partial charge in [0.05, 0.1) is 25.3 Å². The number of nitrogens with one attached hydrogen (secondary N) is 1. The highest BCUT2D eigenvalue weighted by Gasteiger charge is 2.58. The van der Waals surface area contributed by atoms with Gasteiger partial charge in [-0.05, 0) is 87.9 Å². The molecule has 3 fully saturated rings. The second-order valence-corrected chi connectivity index (χ2v) is 14.9. The van der Waals surface area contributed by atoms with Crippen LogP contribution in [0.2, 0.25) is 0 Å². The Hall–Kier alpha value is -3.80. The van der Waals surface area contributed by atoms with Gasteiger partial charge in [-0.2, -0.15) is 0 Å². The second kappa shape index (κ2) is 12.0. The molecule has 0 amide bonds. The molecule has 0 radical (unpaired) electrons. The highest BCUT2D eigenvalue weighted by Crippen LogP contribution is 2.61. The van der Waals surface area contributed by atoms with Crippen molar-refractivity contribution in [3.8, 4) is 5.75 Å². The topological polar surface area (TPSA) is 82.0 Å². The quantitative estimate of drug-likeness (QED) is 0.199. The minimum Gasteiger partial charge on any atom is -0.496 e. The maximum atomic E-state index is 14.4. The summed E-state index contributed by atoms with van der Waals surface area (Å²) < 4.78 is 74.4. The minimum absolute atomic E-state index is 0.209. The molecular weight excluding hydrogens is 630 g/mol. The molecule has 3 aliphatic rings. The van der Waals surface area contributed by atoms with Crippen molar-refractivity contribution in [3.63, 3.8) is 0 Å². The number of halogens is 4. The van der Waals surface area contributed by atoms with E-state index < -0.39 is 47.0 Å². The first-order valence-electron chi connectivity index (χ1n) is 16.3. The third kappa shape index (κ3) is 6.60. The maximum Gasteiger partial charge on any atom is 0.419 e. The van der Waals surface area contributed by atoms with Gasteiger partial charge in [0.15, 0.2) is 0 Å². The largest absolute Gasteiger partial charge is 0.496 e. The molecule has 2 aliphatic carbocycles. The van der Waals surface area contributed by atoms with E-state index in [0.717, 1.165) is 22.1 Å². The van der Waals surface area contributed by atoms with E-state index in [-0.39, 0.29) is 31.2 Å². The van der Waals surface area contributed by atoms with Gasteiger partial charge in [-0.1, -0.05) is 6.07 Å². The first kappa shape index (κ1) is 34.1. The predicted octanol–water partition coefficient (Wildman–Crippen LogP) is 8.49. The summed E-state index contributed by atoms with van der Waals surface area (Å²) in [5.74, 6) is -5.44. The molecule has 0 bridgehead atoms. The summed E-state index contributed by atoms with van der Waals surface area (Å²) in [6, 6.07) is 7.85. The lowest BCUT2D eigenvalue weighted by Crippen LogP contribution is -2.53. The zero-order valence-corrected chi connectivity index (χ0v) is 28.2. The molecule has 1 N–H and O–H groups in total. The van der Waals surface area contributed by atoms with Crippen molar-refractivity contribution >= 4 is 28.7 Å². The van der Waals surface area contributed by atoms with E-state index in [2.05, 4.69) is 10.2 Å². The summed E-state index contributed by atoms with van der Waals surface area (Å²) in [4.78, 5) is 27.9. The summed E-state index contributed by atoms with van der Waals surface area (Å²) in [7, 11) is 2.85. The Morgan fingerprint density at radius 2 is 1.71 bits per heavy atom. The molecule has 260 valence electrons. The summed E-state index contributed by atoms with van der Waals surface area (Å²) in [5.41, 5.74) is 2.55. The van der Waals surface area contributed by atoms with Gasteiger partial charge in [0.1, 0.15) is 11.4 Å². The molecule has 12 heteroatoms. The Balaban J connectivity index is 1.41. The molecule has 1 saturated heterocycles. The van der Waals surface area contributed by atoms with Crippen molar-refractivity contribution in [1.29, 1.82) is 0 Å². The van der Waals surface area contributed by atoms with E-state index in [1.54, 1.807) is 52.3 Å². The number of aromatic nitrogens is 1. The monoisotopic (exact) mass is 673 g/mol. The number of rotatable bonds is 7. The van der Waals surface area contributed by atoms with Crippen LogP contribution in [-0.4, -0.2) is 65.8 Å². The highest BCUT2D eigenvalue weighted by atomic mass is 19.3. The average molecular weight is 674 g/mol. The molecule has 1 spiro atoms. The number of esters is 1. The molecule has 3 aromatic rings. The number of anilines is 1. The molecule has 48 heavy (non-hydrogen) atoms. The molecule has 1 atom stereocenters. The van der Waals surface area contributed by atoms with Crippen molar-refractivity contribution < 1.29 is 41.4 Å². The summed E-state index contributed by atoms with van der Waals surface area (Å²) in [6.45, 7) is 8.15. The number of carbonyl (C=O) groups is 2. The average Bonchev–Trinajstić information content (AvgIpc) is 3.42. The Kier molecular flexibility index (Phi) is 8.49. The van der Waals surface area contributed by atoms with Gasteiger partial charge in [0.2, 0.25) is 5.92 Å². The van der Waals surface area contributed by atoms with E-state index in [9.17, 15) is 27.2 Å².